The molecule has 3 heterocycles. The zero-order valence-electron chi connectivity index (χ0n) is 24.8. The van der Waals surface area contributed by atoms with E-state index in [4.69, 9.17) is 32.9 Å². The molecule has 1 unspecified atom stereocenters. The van der Waals surface area contributed by atoms with Gasteiger partial charge in [-0.3, -0.25) is 23.4 Å². The highest BCUT2D eigenvalue weighted by Crippen LogP contribution is 2.55. The van der Waals surface area contributed by atoms with Crippen molar-refractivity contribution in [3.05, 3.63) is 66.9 Å². The predicted molar refractivity (Wildman–Crippen MR) is 155 cm³/mol. The van der Waals surface area contributed by atoms with Crippen LogP contribution in [0.3, 0.4) is 0 Å². The summed E-state index contributed by atoms with van der Waals surface area (Å²) < 4.78 is 74.5. The SMILES string of the molecule is CC[C@H](C)[C@@H]([NH3+])C(=O)O[C@H]1C[C@H](n2cc(/C=C/Br)c(=O)[nH]c2=O)O[C@@H]1COP1(=O)OCc2cccc(C)c2O1.O=C([O-])C(F)(F)F. The Morgan fingerprint density at radius 1 is 1.33 bits per heavy atom. The Morgan fingerprint density at radius 3 is 2.61 bits per heavy atom. The maximum absolute atomic E-state index is 13.3. The number of benzene rings is 1. The Kier molecular flexibility index (Phi) is 12.6. The van der Waals surface area contributed by atoms with E-state index in [0.717, 1.165) is 17.5 Å². The first-order valence-electron chi connectivity index (χ1n) is 13.8. The summed E-state index contributed by atoms with van der Waals surface area (Å²) in [6, 6.07) is 4.85. The smallest absolute Gasteiger partial charge is 0.530 e. The molecule has 1 fully saturated rings. The van der Waals surface area contributed by atoms with Crippen LogP contribution in [0.1, 0.15) is 49.6 Å². The third-order valence-corrected chi connectivity index (χ3v) is 8.71. The van der Waals surface area contributed by atoms with Crippen molar-refractivity contribution in [3.8, 4) is 5.75 Å². The van der Waals surface area contributed by atoms with Gasteiger partial charge in [-0.05, 0) is 30.0 Å². The standard InChI is InChI=1S/C25H31BrN3O9P.C2HF3O2/c1-4-14(2)21(27)24(31)37-18-10-20(29-11-16(8-9-26)23(30)28-25(29)32)36-19(18)13-35-39(33)34-12-17-7-5-6-15(3)22(17)38-39;3-2(4,5)1(6)7/h5-9,11,14,18-21H,4,10,12-13,27H2,1-3H3,(H,28,30,32);(H,6,7)/b9-8+;/t14-,18-,19+,20+,21+,39?;/m0./s1. The highest BCUT2D eigenvalue weighted by atomic mass is 79.9. The lowest BCUT2D eigenvalue weighted by Crippen LogP contribution is -2.68. The molecule has 0 saturated carbocycles. The highest BCUT2D eigenvalue weighted by Gasteiger charge is 2.44. The number of nitrogens with one attached hydrogen (secondary N) is 1. The van der Waals surface area contributed by atoms with Crippen molar-refractivity contribution in [3.63, 3.8) is 0 Å². The minimum absolute atomic E-state index is 0.0195. The van der Waals surface area contributed by atoms with Crippen LogP contribution in [0.5, 0.6) is 5.75 Å². The number of rotatable bonds is 9. The predicted octanol–water partition coefficient (Wildman–Crippen LogP) is 2.10. The summed E-state index contributed by atoms with van der Waals surface area (Å²) in [7, 11) is -4.01. The average molecular weight is 742 g/mol. The molecule has 2 aromatic rings. The summed E-state index contributed by atoms with van der Waals surface area (Å²) in [5.74, 6) is -3.12. The molecule has 14 nitrogen and oxygen atoms in total. The quantitative estimate of drug-likeness (QED) is 0.281. The number of aliphatic carboxylic acids is 1. The van der Waals surface area contributed by atoms with Crippen molar-refractivity contribution < 1.29 is 61.2 Å². The van der Waals surface area contributed by atoms with Gasteiger partial charge in [-0.15, -0.1) is 0 Å². The lowest BCUT2D eigenvalue weighted by atomic mass is 10.0. The van der Waals surface area contributed by atoms with Gasteiger partial charge in [0, 0.05) is 24.1 Å². The van der Waals surface area contributed by atoms with Crippen LogP contribution in [0.2, 0.25) is 0 Å². The number of aromatic nitrogens is 2. The van der Waals surface area contributed by atoms with Gasteiger partial charge in [-0.25, -0.2) is 14.2 Å². The zero-order chi connectivity index (χ0) is 34.4. The van der Waals surface area contributed by atoms with Crippen molar-refractivity contribution in [1.82, 2.24) is 9.55 Å². The van der Waals surface area contributed by atoms with Gasteiger partial charge in [0.05, 0.1) is 18.8 Å². The van der Waals surface area contributed by atoms with Crippen molar-refractivity contribution in [2.75, 3.05) is 6.61 Å². The number of esters is 1. The van der Waals surface area contributed by atoms with Gasteiger partial charge in [0.2, 0.25) is 0 Å². The van der Waals surface area contributed by atoms with Gasteiger partial charge in [0.25, 0.3) is 5.56 Å². The number of quaternary nitrogens is 1. The largest absolute Gasteiger partial charge is 0.542 e. The second-order valence-corrected chi connectivity index (χ2v) is 12.5. The molecule has 0 bridgehead atoms. The number of fused-ring (bicyclic) bond motifs is 1. The fourth-order valence-electron chi connectivity index (χ4n) is 4.27. The first kappa shape index (κ1) is 37.2. The number of ether oxygens (including phenoxy) is 2. The minimum atomic E-state index is -5.19. The average Bonchev–Trinajstić information content (AvgIpc) is 3.39. The molecule has 19 heteroatoms. The van der Waals surface area contributed by atoms with Crippen molar-refractivity contribution >= 4 is 41.8 Å². The first-order chi connectivity index (χ1) is 21.5. The van der Waals surface area contributed by atoms with Crippen LogP contribution >= 0.6 is 23.8 Å². The maximum atomic E-state index is 13.3. The lowest BCUT2D eigenvalue weighted by molar-refractivity contribution is -0.420. The van der Waals surface area contributed by atoms with E-state index in [9.17, 15) is 32.1 Å². The highest BCUT2D eigenvalue weighted by molar-refractivity contribution is 9.11. The normalized spacial score (nSPS) is 23.9. The molecule has 1 saturated heterocycles. The number of hydrogen-bond acceptors (Lipinski definition) is 11. The molecule has 2 aliphatic heterocycles. The number of alkyl halides is 3. The Labute approximate surface area is 268 Å². The van der Waals surface area contributed by atoms with Gasteiger partial charge < -0.3 is 29.6 Å². The summed E-state index contributed by atoms with van der Waals surface area (Å²) in [6.45, 7) is 5.39. The number of halogens is 4. The molecular weight excluding hydrogens is 710 g/mol. The monoisotopic (exact) mass is 741 g/mol. The second-order valence-electron chi connectivity index (χ2n) is 10.3. The summed E-state index contributed by atoms with van der Waals surface area (Å²) in [6.07, 6.45) is -4.26. The number of aryl methyl sites for hydroxylation is 1. The second kappa shape index (κ2) is 15.5. The van der Waals surface area contributed by atoms with E-state index in [2.05, 4.69) is 26.6 Å². The number of phosphoric acid groups is 1. The Morgan fingerprint density at radius 2 is 2.00 bits per heavy atom. The van der Waals surface area contributed by atoms with E-state index in [1.165, 1.54) is 21.8 Å². The molecule has 1 aromatic heterocycles. The number of phosphoric ester groups is 1. The van der Waals surface area contributed by atoms with Crippen LogP contribution in [0.4, 0.5) is 13.2 Å². The van der Waals surface area contributed by atoms with Gasteiger partial charge in [0.1, 0.15) is 30.2 Å². The molecule has 6 atom stereocenters. The van der Waals surface area contributed by atoms with E-state index in [-0.39, 0.29) is 31.1 Å². The van der Waals surface area contributed by atoms with Crippen LogP contribution in [0, 0.1) is 12.8 Å². The number of carboxylic acid groups (broad SMARTS) is 1. The molecule has 0 radical (unpaired) electrons. The molecule has 4 N–H and O–H groups in total. The first-order valence-corrected chi connectivity index (χ1v) is 16.1. The zero-order valence-corrected chi connectivity index (χ0v) is 27.3. The Balaban J connectivity index is 0.000000738. The number of aromatic amines is 1. The number of para-hydroxylation sites is 1. The van der Waals surface area contributed by atoms with Gasteiger partial charge in [0.15, 0.2) is 6.04 Å². The van der Waals surface area contributed by atoms with E-state index in [0.29, 0.717) is 5.75 Å². The van der Waals surface area contributed by atoms with Crippen LogP contribution in [-0.4, -0.2) is 52.5 Å². The molecule has 0 spiro atoms. The van der Waals surface area contributed by atoms with E-state index in [1.54, 1.807) is 6.07 Å². The van der Waals surface area contributed by atoms with Gasteiger partial charge in [-0.1, -0.05) is 48.0 Å². The van der Waals surface area contributed by atoms with E-state index >= 15 is 0 Å². The molecule has 2 aliphatic rings. The van der Waals surface area contributed by atoms with Gasteiger partial charge in [-0.2, -0.15) is 13.2 Å². The molecule has 1 aromatic carbocycles. The van der Waals surface area contributed by atoms with Crippen LogP contribution in [-0.2, 0) is 39.3 Å². The third-order valence-electron chi connectivity index (χ3n) is 7.13. The Hall–Kier alpha value is -3.28. The van der Waals surface area contributed by atoms with E-state index in [1.807, 2.05) is 32.9 Å². The molecule has 46 heavy (non-hydrogen) atoms. The van der Waals surface area contributed by atoms with Crippen LogP contribution in [0.25, 0.3) is 6.08 Å². The number of carbonyl (C=O) groups is 2. The Bertz CT molecular complexity index is 1610. The van der Waals surface area contributed by atoms with Crippen molar-refractivity contribution in [2.24, 2.45) is 5.92 Å². The molecular formula is C27H32BrF3N3O11P. The number of carboxylic acids is 1. The third kappa shape index (κ3) is 9.39. The summed E-state index contributed by atoms with van der Waals surface area (Å²) in [5.41, 5.74) is 4.39. The fraction of sp³-hybridized carbons (Fsp3) is 0.481. The summed E-state index contributed by atoms with van der Waals surface area (Å²) >= 11 is 3.12. The van der Waals surface area contributed by atoms with E-state index < -0.39 is 61.7 Å². The minimum Gasteiger partial charge on any atom is -0.542 e. The summed E-state index contributed by atoms with van der Waals surface area (Å²) in [4.78, 5) is 50.1. The molecule has 0 amide bonds. The van der Waals surface area contributed by atoms with Crippen molar-refractivity contribution in [1.29, 1.82) is 0 Å². The molecule has 0 aliphatic carbocycles. The lowest BCUT2D eigenvalue weighted by Gasteiger charge is -2.27. The topological polar surface area (TPSA) is 203 Å². The fourth-order valence-corrected chi connectivity index (χ4v) is 5.85. The summed E-state index contributed by atoms with van der Waals surface area (Å²) in [5, 5.41) is 8.78. The number of nitrogens with zero attached hydrogens (tertiary/aromatic N) is 1. The number of carbonyl (C=O) groups excluding carboxylic acids is 2. The molecule has 254 valence electrons. The van der Waals surface area contributed by atoms with Crippen LogP contribution in [0.15, 0.2) is 39.0 Å². The number of hydrogen-bond donors (Lipinski definition) is 2. The van der Waals surface area contributed by atoms with Gasteiger partial charge >= 0.3 is 25.7 Å². The van der Waals surface area contributed by atoms with Crippen molar-refractivity contribution in [2.45, 2.75) is 70.9 Å². The molecule has 4 rings (SSSR count). The number of H-pyrrole nitrogens is 1. The van der Waals surface area contributed by atoms with Crippen LogP contribution < -0.4 is 26.6 Å². The maximum Gasteiger partial charge on any atom is 0.530 e.